The highest BCUT2D eigenvalue weighted by Gasteiger charge is 2.31. The van der Waals surface area contributed by atoms with Crippen molar-refractivity contribution in [3.63, 3.8) is 0 Å². The number of nitrogens with one attached hydrogen (secondary N) is 1. The molecule has 1 fully saturated rings. The fourth-order valence-electron chi connectivity index (χ4n) is 2.78. The second-order valence-corrected chi connectivity index (χ2v) is 6.98. The van der Waals surface area contributed by atoms with Crippen LogP contribution in [0.1, 0.15) is 38.8 Å². The highest BCUT2D eigenvalue weighted by atomic mass is 32.1. The molecule has 2 aromatic heterocycles. The molecule has 0 spiro atoms. The molecule has 124 valence electrons. The van der Waals surface area contributed by atoms with Crippen molar-refractivity contribution in [1.82, 2.24) is 15.5 Å². The van der Waals surface area contributed by atoms with E-state index in [1.807, 2.05) is 26.8 Å². The number of carbonyl (C=O) groups is 1. The van der Waals surface area contributed by atoms with E-state index in [4.69, 9.17) is 9.26 Å². The number of aromatic nitrogens is 2. The van der Waals surface area contributed by atoms with Crippen LogP contribution in [0.15, 0.2) is 10.6 Å². The van der Waals surface area contributed by atoms with Crippen LogP contribution < -0.4 is 5.32 Å². The van der Waals surface area contributed by atoms with E-state index in [2.05, 4.69) is 15.5 Å². The number of nitrogens with zero attached hydrogens (tertiary/aromatic N) is 2. The molecule has 1 saturated heterocycles. The predicted molar refractivity (Wildman–Crippen MR) is 86.7 cm³/mol. The number of amides is 1. The maximum Gasteiger partial charge on any atom is 0.263 e. The largest absolute Gasteiger partial charge is 0.379 e. The first-order chi connectivity index (χ1) is 11.1. The molecule has 0 aromatic carbocycles. The zero-order chi connectivity index (χ0) is 16.4. The van der Waals surface area contributed by atoms with Gasteiger partial charge in [0.2, 0.25) is 0 Å². The van der Waals surface area contributed by atoms with Crippen molar-refractivity contribution in [3.8, 4) is 0 Å². The van der Waals surface area contributed by atoms with Crippen molar-refractivity contribution in [2.24, 2.45) is 5.92 Å². The van der Waals surface area contributed by atoms with E-state index < -0.39 is 0 Å². The lowest BCUT2D eigenvalue weighted by Crippen LogP contribution is -2.40. The molecule has 2 atom stereocenters. The van der Waals surface area contributed by atoms with Crippen molar-refractivity contribution in [2.45, 2.75) is 39.7 Å². The lowest BCUT2D eigenvalue weighted by molar-refractivity contribution is 0.0928. The summed E-state index contributed by atoms with van der Waals surface area (Å²) in [6.45, 7) is 6.97. The van der Waals surface area contributed by atoms with Crippen LogP contribution in [0.5, 0.6) is 0 Å². The standard InChI is InChI=1S/C16H21N3O3S/c1-4-14-17-10(3)15(23-14)16(20)18-13-8-21-7-11(13)6-12-5-9(2)19-22-12/h5,11,13H,4,6-8H2,1-3H3,(H,18,20)/t11-,13+/m1/s1. The lowest BCUT2D eigenvalue weighted by Gasteiger charge is -2.17. The molecule has 7 heteroatoms. The molecular formula is C16H21N3O3S. The average Bonchev–Trinajstić information content (AvgIpc) is 3.21. The van der Waals surface area contributed by atoms with Gasteiger partial charge in [0.1, 0.15) is 10.6 Å². The third-order valence-corrected chi connectivity index (χ3v) is 5.31. The lowest BCUT2D eigenvalue weighted by atomic mass is 9.98. The Balaban J connectivity index is 1.65. The minimum absolute atomic E-state index is 0.0144. The Labute approximate surface area is 139 Å². The summed E-state index contributed by atoms with van der Waals surface area (Å²) in [7, 11) is 0. The quantitative estimate of drug-likeness (QED) is 0.907. The molecule has 3 heterocycles. The van der Waals surface area contributed by atoms with E-state index in [0.29, 0.717) is 24.5 Å². The topological polar surface area (TPSA) is 77.2 Å². The fraction of sp³-hybridized carbons (Fsp3) is 0.562. The van der Waals surface area contributed by atoms with Gasteiger partial charge in [-0.1, -0.05) is 12.1 Å². The van der Waals surface area contributed by atoms with Crippen LogP contribution >= 0.6 is 11.3 Å². The SMILES string of the molecule is CCc1nc(C)c(C(=O)N[C@H]2COC[C@H]2Cc2cc(C)no2)s1. The Hall–Kier alpha value is -1.73. The third-order valence-electron chi connectivity index (χ3n) is 4.00. The molecule has 2 aromatic rings. The smallest absolute Gasteiger partial charge is 0.263 e. The highest BCUT2D eigenvalue weighted by molar-refractivity contribution is 7.13. The van der Waals surface area contributed by atoms with E-state index in [-0.39, 0.29) is 17.9 Å². The van der Waals surface area contributed by atoms with Gasteiger partial charge < -0.3 is 14.6 Å². The molecule has 1 aliphatic rings. The monoisotopic (exact) mass is 335 g/mol. The minimum Gasteiger partial charge on any atom is -0.379 e. The van der Waals surface area contributed by atoms with Gasteiger partial charge in [-0.15, -0.1) is 11.3 Å². The molecule has 0 aliphatic carbocycles. The molecule has 23 heavy (non-hydrogen) atoms. The second kappa shape index (κ2) is 6.80. The molecule has 1 aliphatic heterocycles. The van der Waals surface area contributed by atoms with Crippen molar-refractivity contribution < 1.29 is 14.1 Å². The summed E-state index contributed by atoms with van der Waals surface area (Å²) in [5, 5.41) is 7.99. The van der Waals surface area contributed by atoms with Crippen molar-refractivity contribution in [1.29, 1.82) is 0 Å². The first-order valence-electron chi connectivity index (χ1n) is 7.84. The maximum atomic E-state index is 12.5. The molecule has 0 saturated carbocycles. The van der Waals surface area contributed by atoms with Gasteiger partial charge in [-0.25, -0.2) is 4.98 Å². The zero-order valence-electron chi connectivity index (χ0n) is 13.6. The first-order valence-corrected chi connectivity index (χ1v) is 8.65. The number of carbonyl (C=O) groups excluding carboxylic acids is 1. The van der Waals surface area contributed by atoms with Crippen LogP contribution in [0.25, 0.3) is 0 Å². The minimum atomic E-state index is -0.0612. The summed E-state index contributed by atoms with van der Waals surface area (Å²) >= 11 is 1.47. The van der Waals surface area contributed by atoms with Crippen LogP contribution in [-0.4, -0.2) is 35.3 Å². The number of ether oxygens (including phenoxy) is 1. The van der Waals surface area contributed by atoms with E-state index in [0.717, 1.165) is 28.6 Å². The number of hydrogen-bond donors (Lipinski definition) is 1. The number of hydrogen-bond acceptors (Lipinski definition) is 6. The normalized spacial score (nSPS) is 20.8. The zero-order valence-corrected chi connectivity index (χ0v) is 14.4. The summed E-state index contributed by atoms with van der Waals surface area (Å²) in [5.41, 5.74) is 1.66. The fourth-order valence-corrected chi connectivity index (χ4v) is 3.69. The molecule has 1 N–H and O–H groups in total. The summed E-state index contributed by atoms with van der Waals surface area (Å²) in [6, 6.07) is 1.91. The van der Waals surface area contributed by atoms with Gasteiger partial charge in [0.05, 0.1) is 35.7 Å². The summed E-state index contributed by atoms with van der Waals surface area (Å²) in [6.07, 6.45) is 1.56. The molecule has 0 unspecified atom stereocenters. The van der Waals surface area contributed by atoms with Gasteiger partial charge in [-0.2, -0.15) is 0 Å². The number of aryl methyl sites for hydroxylation is 3. The number of thiazole rings is 1. The molecule has 1 amide bonds. The molecular weight excluding hydrogens is 314 g/mol. The molecule has 6 nitrogen and oxygen atoms in total. The van der Waals surface area contributed by atoms with Crippen LogP contribution in [0.4, 0.5) is 0 Å². The Morgan fingerprint density at radius 3 is 2.91 bits per heavy atom. The van der Waals surface area contributed by atoms with E-state index >= 15 is 0 Å². The van der Waals surface area contributed by atoms with Crippen LogP contribution in [0.2, 0.25) is 0 Å². The highest BCUT2D eigenvalue weighted by Crippen LogP contribution is 2.22. The average molecular weight is 335 g/mol. The van der Waals surface area contributed by atoms with Crippen molar-refractivity contribution >= 4 is 17.2 Å². The Morgan fingerprint density at radius 2 is 2.26 bits per heavy atom. The van der Waals surface area contributed by atoms with E-state index in [1.165, 1.54) is 11.3 Å². The predicted octanol–water partition coefficient (Wildman–Crippen LogP) is 2.30. The second-order valence-electron chi connectivity index (χ2n) is 5.89. The first kappa shape index (κ1) is 16.1. The molecule has 0 bridgehead atoms. The van der Waals surface area contributed by atoms with Crippen LogP contribution in [-0.2, 0) is 17.6 Å². The van der Waals surface area contributed by atoms with Gasteiger partial charge in [-0.05, 0) is 20.3 Å². The van der Waals surface area contributed by atoms with Crippen molar-refractivity contribution in [2.75, 3.05) is 13.2 Å². The molecule has 3 rings (SSSR count). The third kappa shape index (κ3) is 3.61. The molecule has 0 radical (unpaired) electrons. The van der Waals surface area contributed by atoms with Gasteiger partial charge in [0.15, 0.2) is 0 Å². The Bertz CT molecular complexity index is 695. The summed E-state index contributed by atoms with van der Waals surface area (Å²) < 4.78 is 10.8. The van der Waals surface area contributed by atoms with Gasteiger partial charge in [-0.3, -0.25) is 4.79 Å². The number of rotatable bonds is 5. The Morgan fingerprint density at radius 1 is 1.43 bits per heavy atom. The summed E-state index contributed by atoms with van der Waals surface area (Å²) in [4.78, 5) is 17.6. The van der Waals surface area contributed by atoms with Gasteiger partial charge in [0.25, 0.3) is 5.91 Å². The maximum absolute atomic E-state index is 12.5. The van der Waals surface area contributed by atoms with E-state index in [1.54, 1.807) is 0 Å². The Kier molecular flexibility index (Phi) is 4.77. The van der Waals surface area contributed by atoms with Crippen molar-refractivity contribution in [3.05, 3.63) is 33.1 Å². The van der Waals surface area contributed by atoms with Gasteiger partial charge >= 0.3 is 0 Å². The van der Waals surface area contributed by atoms with Crippen LogP contribution in [0.3, 0.4) is 0 Å². The van der Waals surface area contributed by atoms with Gasteiger partial charge in [0, 0.05) is 18.4 Å². The van der Waals surface area contributed by atoms with Crippen LogP contribution in [0, 0.1) is 19.8 Å². The van der Waals surface area contributed by atoms with E-state index in [9.17, 15) is 4.79 Å². The summed E-state index contributed by atoms with van der Waals surface area (Å²) in [5.74, 6) is 0.971.